The highest BCUT2D eigenvalue weighted by molar-refractivity contribution is 7.19. The lowest BCUT2D eigenvalue weighted by molar-refractivity contribution is 0.635. The minimum atomic E-state index is -0.0785. The van der Waals surface area contributed by atoms with Crippen molar-refractivity contribution in [3.8, 4) is 0 Å². The molecule has 0 unspecified atom stereocenters. The summed E-state index contributed by atoms with van der Waals surface area (Å²) >= 11 is 1.62. The first-order valence-electron chi connectivity index (χ1n) is 7.07. The maximum atomic E-state index is 13.9. The largest absolute Gasteiger partial charge is 0.309 e. The van der Waals surface area contributed by atoms with Gasteiger partial charge in [0, 0.05) is 17.5 Å². The van der Waals surface area contributed by atoms with Gasteiger partial charge >= 0.3 is 0 Å². The van der Waals surface area contributed by atoms with Gasteiger partial charge in [-0.05, 0) is 42.2 Å². The summed E-state index contributed by atoms with van der Waals surface area (Å²) in [5.74, 6) is 0.519. The maximum absolute atomic E-state index is 13.9. The van der Waals surface area contributed by atoms with Crippen LogP contribution in [-0.2, 0) is 13.0 Å². The molecular weight excluding hydrogens is 257 g/mol. The average Bonchev–Trinajstić information content (AvgIpc) is 3.12. The minimum absolute atomic E-state index is 0.0785. The number of fused-ring (bicyclic) bond motifs is 1. The van der Waals surface area contributed by atoms with Gasteiger partial charge in [0.15, 0.2) is 0 Å². The van der Waals surface area contributed by atoms with E-state index < -0.39 is 0 Å². The molecule has 0 radical (unpaired) electrons. The van der Waals surface area contributed by atoms with Crippen molar-refractivity contribution in [2.45, 2.75) is 45.7 Å². The van der Waals surface area contributed by atoms with Gasteiger partial charge in [0.1, 0.15) is 5.82 Å². The van der Waals surface area contributed by atoms with Crippen LogP contribution in [0, 0.1) is 11.7 Å². The smallest absolute Gasteiger partial charge is 0.141 e. The minimum Gasteiger partial charge on any atom is -0.309 e. The van der Waals surface area contributed by atoms with Gasteiger partial charge in [-0.1, -0.05) is 26.0 Å². The third kappa shape index (κ3) is 2.82. The van der Waals surface area contributed by atoms with Gasteiger partial charge < -0.3 is 5.32 Å². The number of nitrogens with one attached hydrogen (secondary N) is 1. The summed E-state index contributed by atoms with van der Waals surface area (Å²) in [5, 5.41) is 4.67. The van der Waals surface area contributed by atoms with E-state index in [4.69, 9.17) is 0 Å². The predicted molar refractivity (Wildman–Crippen MR) is 80.2 cm³/mol. The Balaban J connectivity index is 1.99. The van der Waals surface area contributed by atoms with E-state index in [2.05, 4.69) is 25.2 Å². The van der Waals surface area contributed by atoms with Crippen molar-refractivity contribution in [3.05, 3.63) is 34.5 Å². The van der Waals surface area contributed by atoms with E-state index in [0.29, 0.717) is 12.0 Å². The first kappa shape index (κ1) is 13.1. The van der Waals surface area contributed by atoms with Gasteiger partial charge in [-0.2, -0.15) is 0 Å². The molecule has 102 valence electrons. The molecule has 1 aliphatic rings. The first-order chi connectivity index (χ1) is 9.15. The van der Waals surface area contributed by atoms with Crippen molar-refractivity contribution in [2.24, 2.45) is 5.92 Å². The fraction of sp³-hybridized carbons (Fsp3) is 0.500. The molecule has 1 aromatic carbocycles. The normalized spacial score (nSPS) is 15.6. The maximum Gasteiger partial charge on any atom is 0.141 e. The highest BCUT2D eigenvalue weighted by atomic mass is 32.1. The zero-order chi connectivity index (χ0) is 13.4. The van der Waals surface area contributed by atoms with E-state index in [0.717, 1.165) is 23.1 Å². The summed E-state index contributed by atoms with van der Waals surface area (Å²) in [7, 11) is 0. The molecule has 1 saturated carbocycles. The lowest BCUT2D eigenvalue weighted by atomic mass is 10.00. The molecule has 0 aliphatic heterocycles. The van der Waals surface area contributed by atoms with E-state index in [9.17, 15) is 4.39 Å². The van der Waals surface area contributed by atoms with Gasteiger partial charge in [0.2, 0.25) is 0 Å². The van der Waals surface area contributed by atoms with Crippen LogP contribution in [0.25, 0.3) is 10.1 Å². The van der Waals surface area contributed by atoms with Crippen LogP contribution < -0.4 is 5.32 Å². The van der Waals surface area contributed by atoms with Crippen molar-refractivity contribution in [2.75, 3.05) is 0 Å². The van der Waals surface area contributed by atoms with Crippen LogP contribution in [0.2, 0.25) is 0 Å². The van der Waals surface area contributed by atoms with Gasteiger partial charge in [-0.3, -0.25) is 0 Å². The number of hydrogen-bond donors (Lipinski definition) is 1. The number of rotatable bonds is 5. The lowest BCUT2D eigenvalue weighted by Gasteiger charge is -2.08. The van der Waals surface area contributed by atoms with Crippen LogP contribution in [0.1, 0.15) is 37.1 Å². The average molecular weight is 277 g/mol. The molecule has 1 aromatic heterocycles. The first-order valence-corrected chi connectivity index (χ1v) is 7.89. The third-order valence-electron chi connectivity index (χ3n) is 3.59. The zero-order valence-corrected chi connectivity index (χ0v) is 12.3. The molecule has 3 rings (SSSR count). The van der Waals surface area contributed by atoms with Crippen molar-refractivity contribution in [1.82, 2.24) is 5.32 Å². The Morgan fingerprint density at radius 3 is 2.84 bits per heavy atom. The molecule has 1 heterocycles. The number of halogens is 1. The van der Waals surface area contributed by atoms with Crippen LogP contribution in [-0.4, -0.2) is 6.04 Å². The van der Waals surface area contributed by atoms with Crippen LogP contribution in [0.3, 0.4) is 0 Å². The summed E-state index contributed by atoms with van der Waals surface area (Å²) < 4.78 is 14.7. The van der Waals surface area contributed by atoms with Gasteiger partial charge in [0.25, 0.3) is 0 Å². The van der Waals surface area contributed by atoms with E-state index in [-0.39, 0.29) is 5.82 Å². The predicted octanol–water partition coefficient (Wildman–Crippen LogP) is 4.49. The second-order valence-electron chi connectivity index (χ2n) is 5.87. The summed E-state index contributed by atoms with van der Waals surface area (Å²) in [4.78, 5) is 1.32. The Morgan fingerprint density at radius 1 is 1.37 bits per heavy atom. The van der Waals surface area contributed by atoms with E-state index in [1.807, 2.05) is 6.07 Å². The molecule has 0 amide bonds. The fourth-order valence-electron chi connectivity index (χ4n) is 2.48. The molecule has 3 heteroatoms. The summed E-state index contributed by atoms with van der Waals surface area (Å²) in [6, 6.07) is 6.15. The molecule has 1 fully saturated rings. The summed E-state index contributed by atoms with van der Waals surface area (Å²) in [6.45, 7) is 5.34. The Bertz CT molecular complexity index is 584. The molecule has 0 saturated heterocycles. The van der Waals surface area contributed by atoms with Crippen molar-refractivity contribution in [1.29, 1.82) is 0 Å². The molecule has 1 nitrogen and oxygen atoms in total. The van der Waals surface area contributed by atoms with Crippen LogP contribution in [0.15, 0.2) is 18.2 Å². The van der Waals surface area contributed by atoms with Crippen molar-refractivity contribution < 1.29 is 4.39 Å². The summed E-state index contributed by atoms with van der Waals surface area (Å²) in [6.07, 6.45) is 3.61. The molecular formula is C16H20FNS. The Kier molecular flexibility index (Phi) is 3.59. The highest BCUT2D eigenvalue weighted by Crippen LogP contribution is 2.35. The topological polar surface area (TPSA) is 12.0 Å². The quantitative estimate of drug-likeness (QED) is 0.849. The molecule has 0 spiro atoms. The fourth-order valence-corrected chi connectivity index (χ4v) is 3.67. The Morgan fingerprint density at radius 2 is 2.16 bits per heavy atom. The van der Waals surface area contributed by atoms with Gasteiger partial charge in [-0.25, -0.2) is 4.39 Å². The standard InChI is InChI=1S/C16H20FNS/c1-10(2)8-13-12-4-3-5-14(17)16(12)19-15(13)9-18-11-6-7-11/h3-5,10-11,18H,6-9H2,1-2H3. The number of benzene rings is 1. The van der Waals surface area contributed by atoms with Crippen LogP contribution in [0.5, 0.6) is 0 Å². The van der Waals surface area contributed by atoms with Crippen molar-refractivity contribution in [3.63, 3.8) is 0 Å². The molecule has 1 N–H and O–H groups in total. The van der Waals surface area contributed by atoms with Gasteiger partial charge in [-0.15, -0.1) is 11.3 Å². The molecule has 0 bridgehead atoms. The van der Waals surface area contributed by atoms with Crippen LogP contribution in [0.4, 0.5) is 4.39 Å². The Hall–Kier alpha value is -0.930. The van der Waals surface area contributed by atoms with Crippen LogP contribution >= 0.6 is 11.3 Å². The molecule has 19 heavy (non-hydrogen) atoms. The van der Waals surface area contributed by atoms with E-state index in [1.54, 1.807) is 17.4 Å². The van der Waals surface area contributed by atoms with Gasteiger partial charge in [0.05, 0.1) is 4.70 Å². The SMILES string of the molecule is CC(C)Cc1c(CNC2CC2)sc2c(F)cccc12. The molecule has 1 aliphatic carbocycles. The number of thiophene rings is 1. The second kappa shape index (κ2) is 5.22. The number of hydrogen-bond acceptors (Lipinski definition) is 2. The second-order valence-corrected chi connectivity index (χ2v) is 6.98. The van der Waals surface area contributed by atoms with E-state index >= 15 is 0 Å². The van der Waals surface area contributed by atoms with E-state index in [1.165, 1.54) is 23.3 Å². The lowest BCUT2D eigenvalue weighted by Crippen LogP contribution is -2.15. The molecule has 0 atom stereocenters. The third-order valence-corrected chi connectivity index (χ3v) is 4.85. The monoisotopic (exact) mass is 277 g/mol. The Labute approximate surface area is 117 Å². The zero-order valence-electron chi connectivity index (χ0n) is 11.5. The van der Waals surface area contributed by atoms with Crippen molar-refractivity contribution >= 4 is 21.4 Å². The molecule has 2 aromatic rings. The summed E-state index contributed by atoms with van der Waals surface area (Å²) in [5.41, 5.74) is 1.35. The highest BCUT2D eigenvalue weighted by Gasteiger charge is 2.22.